The van der Waals surface area contributed by atoms with Crippen LogP contribution >= 0.6 is 11.8 Å². The normalized spacial score (nSPS) is 11.5. The number of para-hydroxylation sites is 1. The second-order valence-electron chi connectivity index (χ2n) is 6.44. The zero-order chi connectivity index (χ0) is 18.8. The molecule has 7 heteroatoms. The quantitative estimate of drug-likeness (QED) is 0.411. The topological polar surface area (TPSA) is 72.4 Å². The highest BCUT2D eigenvalue weighted by Crippen LogP contribution is 2.22. The molecule has 0 aliphatic rings. The summed E-state index contributed by atoms with van der Waals surface area (Å²) in [5, 5.41) is 10.4. The summed E-state index contributed by atoms with van der Waals surface area (Å²) in [4.78, 5) is 22.2. The Kier molecular flexibility index (Phi) is 4.96. The molecule has 3 aromatic heterocycles. The zero-order valence-corrected chi connectivity index (χ0v) is 15.8. The Morgan fingerprint density at radius 2 is 1.96 bits per heavy atom. The SMILES string of the molecule is Cc1ccc2nc(CSc3nc4ccccc4c(=O)n3CCCO)cn2c1. The van der Waals surface area contributed by atoms with E-state index in [9.17, 15) is 9.90 Å². The number of pyridine rings is 1. The number of aromatic nitrogens is 4. The summed E-state index contributed by atoms with van der Waals surface area (Å²) >= 11 is 1.49. The molecule has 0 amide bonds. The second-order valence-corrected chi connectivity index (χ2v) is 7.38. The number of rotatable bonds is 6. The van der Waals surface area contributed by atoms with Crippen LogP contribution in [0.3, 0.4) is 0 Å². The van der Waals surface area contributed by atoms with Gasteiger partial charge in [0.2, 0.25) is 0 Å². The van der Waals surface area contributed by atoms with Crippen LogP contribution in [0.4, 0.5) is 0 Å². The van der Waals surface area contributed by atoms with Crippen LogP contribution in [0.1, 0.15) is 17.7 Å². The molecular formula is C20H20N4O2S. The van der Waals surface area contributed by atoms with Gasteiger partial charge in [0.25, 0.3) is 5.56 Å². The van der Waals surface area contributed by atoms with Crippen molar-refractivity contribution in [2.75, 3.05) is 6.61 Å². The van der Waals surface area contributed by atoms with Crippen LogP contribution in [0.5, 0.6) is 0 Å². The van der Waals surface area contributed by atoms with Gasteiger partial charge in [-0.05, 0) is 37.1 Å². The van der Waals surface area contributed by atoms with Crippen molar-refractivity contribution in [3.8, 4) is 0 Å². The van der Waals surface area contributed by atoms with Crippen molar-refractivity contribution in [1.82, 2.24) is 18.9 Å². The highest BCUT2D eigenvalue weighted by atomic mass is 32.2. The van der Waals surface area contributed by atoms with E-state index in [-0.39, 0.29) is 12.2 Å². The Morgan fingerprint density at radius 3 is 2.81 bits per heavy atom. The number of imidazole rings is 1. The lowest BCUT2D eigenvalue weighted by Gasteiger charge is -2.12. The molecule has 0 bridgehead atoms. The van der Waals surface area contributed by atoms with Gasteiger partial charge in [0.05, 0.1) is 16.6 Å². The maximum absolute atomic E-state index is 12.9. The predicted molar refractivity (Wildman–Crippen MR) is 107 cm³/mol. The number of thioether (sulfide) groups is 1. The third kappa shape index (κ3) is 3.61. The lowest BCUT2D eigenvalue weighted by atomic mass is 10.2. The summed E-state index contributed by atoms with van der Waals surface area (Å²) < 4.78 is 3.67. The van der Waals surface area contributed by atoms with E-state index in [2.05, 4.69) is 9.97 Å². The van der Waals surface area contributed by atoms with Crippen molar-refractivity contribution < 1.29 is 5.11 Å². The lowest BCUT2D eigenvalue weighted by Crippen LogP contribution is -2.24. The fraction of sp³-hybridized carbons (Fsp3) is 0.250. The average Bonchev–Trinajstić information content (AvgIpc) is 3.08. The van der Waals surface area contributed by atoms with Crippen LogP contribution in [0, 0.1) is 6.92 Å². The highest BCUT2D eigenvalue weighted by Gasteiger charge is 2.12. The van der Waals surface area contributed by atoms with Gasteiger partial charge in [-0.15, -0.1) is 0 Å². The van der Waals surface area contributed by atoms with E-state index in [1.54, 1.807) is 10.6 Å². The molecular weight excluding hydrogens is 360 g/mol. The Balaban J connectivity index is 1.67. The fourth-order valence-corrected chi connectivity index (χ4v) is 3.96. The van der Waals surface area contributed by atoms with Gasteiger partial charge in [0.1, 0.15) is 5.65 Å². The van der Waals surface area contributed by atoms with Gasteiger partial charge in [-0.2, -0.15) is 0 Å². The molecule has 1 aromatic carbocycles. The molecule has 3 heterocycles. The summed E-state index contributed by atoms with van der Waals surface area (Å²) in [6, 6.07) is 11.4. The molecule has 0 aliphatic heterocycles. The Labute approximate surface area is 160 Å². The van der Waals surface area contributed by atoms with Gasteiger partial charge in [-0.25, -0.2) is 9.97 Å². The molecule has 0 saturated heterocycles. The van der Waals surface area contributed by atoms with E-state index in [4.69, 9.17) is 0 Å². The maximum Gasteiger partial charge on any atom is 0.262 e. The molecule has 27 heavy (non-hydrogen) atoms. The third-order valence-corrected chi connectivity index (χ3v) is 5.37. The third-order valence-electron chi connectivity index (χ3n) is 4.36. The number of nitrogens with zero attached hydrogens (tertiary/aromatic N) is 4. The first kappa shape index (κ1) is 17.8. The molecule has 0 atom stereocenters. The number of aliphatic hydroxyl groups excluding tert-OH is 1. The first-order valence-electron chi connectivity index (χ1n) is 8.83. The molecule has 4 aromatic rings. The number of fused-ring (bicyclic) bond motifs is 2. The fourth-order valence-electron chi connectivity index (χ4n) is 3.05. The van der Waals surface area contributed by atoms with Crippen LogP contribution in [-0.2, 0) is 12.3 Å². The predicted octanol–water partition coefficient (Wildman–Crippen LogP) is 3.03. The van der Waals surface area contributed by atoms with E-state index in [1.165, 1.54) is 17.3 Å². The van der Waals surface area contributed by atoms with E-state index in [0.29, 0.717) is 34.8 Å². The lowest BCUT2D eigenvalue weighted by molar-refractivity contribution is 0.276. The van der Waals surface area contributed by atoms with Crippen molar-refractivity contribution in [1.29, 1.82) is 0 Å². The van der Waals surface area contributed by atoms with E-state index in [1.807, 2.05) is 54.0 Å². The summed E-state index contributed by atoms with van der Waals surface area (Å²) in [5.74, 6) is 0.616. The smallest absolute Gasteiger partial charge is 0.262 e. The van der Waals surface area contributed by atoms with E-state index < -0.39 is 0 Å². The van der Waals surface area contributed by atoms with E-state index >= 15 is 0 Å². The van der Waals surface area contributed by atoms with Crippen molar-refractivity contribution in [3.63, 3.8) is 0 Å². The summed E-state index contributed by atoms with van der Waals surface area (Å²) in [7, 11) is 0. The van der Waals surface area contributed by atoms with Gasteiger partial charge in [-0.3, -0.25) is 9.36 Å². The van der Waals surface area contributed by atoms with Crippen molar-refractivity contribution in [2.24, 2.45) is 0 Å². The standard InChI is InChI=1S/C20H20N4O2S/c1-14-7-8-18-21-15(12-23(18)11-14)13-27-20-22-17-6-3-2-5-16(17)19(26)24(20)9-4-10-25/h2-3,5-8,11-12,25H,4,9-10,13H2,1H3. The molecule has 138 valence electrons. The first-order chi connectivity index (χ1) is 13.2. The summed E-state index contributed by atoms with van der Waals surface area (Å²) in [6.45, 7) is 2.53. The number of hydrogen-bond donors (Lipinski definition) is 1. The van der Waals surface area contributed by atoms with Gasteiger partial charge < -0.3 is 9.51 Å². The number of aliphatic hydroxyl groups is 1. The molecule has 0 unspecified atom stereocenters. The highest BCUT2D eigenvalue weighted by molar-refractivity contribution is 7.98. The minimum absolute atomic E-state index is 0.0369. The molecule has 0 fully saturated rings. The number of aryl methyl sites for hydroxylation is 1. The Hall–Kier alpha value is -2.64. The van der Waals surface area contributed by atoms with Crippen molar-refractivity contribution in [2.45, 2.75) is 30.8 Å². The monoisotopic (exact) mass is 380 g/mol. The van der Waals surface area contributed by atoms with Crippen LogP contribution in [0.15, 0.2) is 58.7 Å². The molecule has 0 spiro atoms. The first-order valence-corrected chi connectivity index (χ1v) is 9.82. The van der Waals surface area contributed by atoms with Gasteiger partial charge >= 0.3 is 0 Å². The second kappa shape index (κ2) is 7.54. The van der Waals surface area contributed by atoms with E-state index in [0.717, 1.165) is 11.3 Å². The Morgan fingerprint density at radius 1 is 1.11 bits per heavy atom. The molecule has 4 rings (SSSR count). The van der Waals surface area contributed by atoms with Crippen molar-refractivity contribution >= 4 is 28.3 Å². The number of benzene rings is 1. The molecule has 0 aliphatic carbocycles. The molecule has 0 saturated carbocycles. The Bertz CT molecular complexity index is 1170. The van der Waals surface area contributed by atoms with Gasteiger partial charge in [-0.1, -0.05) is 30.0 Å². The summed E-state index contributed by atoms with van der Waals surface area (Å²) in [5.41, 5.74) is 3.63. The van der Waals surface area contributed by atoms with Crippen LogP contribution < -0.4 is 5.56 Å². The minimum atomic E-state index is -0.0674. The summed E-state index contributed by atoms with van der Waals surface area (Å²) in [6.07, 6.45) is 4.57. The van der Waals surface area contributed by atoms with Crippen LogP contribution in [0.25, 0.3) is 16.6 Å². The molecule has 1 N–H and O–H groups in total. The maximum atomic E-state index is 12.9. The van der Waals surface area contributed by atoms with Gasteiger partial charge in [0.15, 0.2) is 5.16 Å². The minimum Gasteiger partial charge on any atom is -0.396 e. The van der Waals surface area contributed by atoms with Gasteiger partial charge in [0, 0.05) is 31.3 Å². The molecule has 6 nitrogen and oxygen atoms in total. The average molecular weight is 380 g/mol. The molecule has 0 radical (unpaired) electrons. The van der Waals surface area contributed by atoms with Crippen LogP contribution in [-0.4, -0.2) is 30.6 Å². The van der Waals surface area contributed by atoms with Crippen LogP contribution in [0.2, 0.25) is 0 Å². The zero-order valence-electron chi connectivity index (χ0n) is 15.0. The number of hydrogen-bond acceptors (Lipinski definition) is 5. The van der Waals surface area contributed by atoms with Crippen molar-refractivity contribution in [3.05, 3.63) is 70.4 Å². The largest absolute Gasteiger partial charge is 0.396 e.